The molecule has 3 aromatic rings. The first kappa shape index (κ1) is 17.1. The minimum atomic E-state index is 0.420. The van der Waals surface area contributed by atoms with Gasteiger partial charge >= 0.3 is 0 Å². The van der Waals surface area contributed by atoms with Gasteiger partial charge in [0.2, 0.25) is 0 Å². The van der Waals surface area contributed by atoms with Gasteiger partial charge in [0.05, 0.1) is 13.3 Å². The van der Waals surface area contributed by atoms with Crippen LogP contribution >= 0.6 is 0 Å². The Kier molecular flexibility index (Phi) is 4.75. The van der Waals surface area contributed by atoms with Crippen LogP contribution in [0.25, 0.3) is 11.1 Å². The number of aromatic amines is 1. The van der Waals surface area contributed by atoms with Crippen LogP contribution in [0, 0.1) is 11.3 Å². The number of methoxy groups -OCH3 is 1. The van der Waals surface area contributed by atoms with Gasteiger partial charge in [-0.25, -0.2) is 4.98 Å². The van der Waals surface area contributed by atoms with Crippen LogP contribution in [0.15, 0.2) is 48.7 Å². The Labute approximate surface area is 158 Å². The van der Waals surface area contributed by atoms with Gasteiger partial charge < -0.3 is 9.64 Å². The number of benzene rings is 1. The molecule has 0 unspecified atom stereocenters. The molecule has 4 rings (SSSR count). The summed E-state index contributed by atoms with van der Waals surface area (Å²) in [5.74, 6) is 2.15. The van der Waals surface area contributed by atoms with Crippen LogP contribution in [0.5, 0.6) is 5.75 Å². The lowest BCUT2D eigenvalue weighted by atomic mass is 9.89. The van der Waals surface area contributed by atoms with E-state index in [-0.39, 0.29) is 0 Å². The van der Waals surface area contributed by atoms with Crippen LogP contribution in [0.3, 0.4) is 0 Å². The Balaban J connectivity index is 1.51. The van der Waals surface area contributed by atoms with E-state index >= 15 is 0 Å². The summed E-state index contributed by atoms with van der Waals surface area (Å²) in [6.45, 7) is 1.81. The zero-order valence-corrected chi connectivity index (χ0v) is 15.2. The zero-order valence-electron chi connectivity index (χ0n) is 15.2. The van der Waals surface area contributed by atoms with Gasteiger partial charge in [-0.05, 0) is 42.7 Å². The van der Waals surface area contributed by atoms with Gasteiger partial charge in [0.1, 0.15) is 23.3 Å². The van der Waals surface area contributed by atoms with Crippen LogP contribution in [0.4, 0.5) is 5.82 Å². The maximum Gasteiger partial charge on any atom is 0.142 e. The fourth-order valence-electron chi connectivity index (χ4n) is 3.69. The van der Waals surface area contributed by atoms with E-state index in [0.29, 0.717) is 11.6 Å². The van der Waals surface area contributed by atoms with E-state index in [1.165, 1.54) is 5.69 Å². The number of nitriles is 1. The predicted octanol–water partition coefficient (Wildman–Crippen LogP) is 3.74. The summed E-state index contributed by atoms with van der Waals surface area (Å²) in [5.41, 5.74) is 3.89. The third kappa shape index (κ3) is 3.49. The van der Waals surface area contributed by atoms with Crippen molar-refractivity contribution in [2.24, 2.45) is 0 Å². The lowest BCUT2D eigenvalue weighted by molar-refractivity contribution is 0.415. The van der Waals surface area contributed by atoms with Crippen LogP contribution in [0.2, 0.25) is 0 Å². The summed E-state index contributed by atoms with van der Waals surface area (Å²) in [7, 11) is 1.68. The van der Waals surface area contributed by atoms with Crippen molar-refractivity contribution in [1.29, 1.82) is 5.26 Å². The number of aromatic nitrogens is 3. The molecule has 0 bridgehead atoms. The van der Waals surface area contributed by atoms with Crippen LogP contribution in [-0.4, -0.2) is 35.4 Å². The van der Waals surface area contributed by atoms with Gasteiger partial charge in [-0.15, -0.1) is 0 Å². The molecule has 0 amide bonds. The second-order valence-corrected chi connectivity index (χ2v) is 6.68. The molecule has 1 aliphatic heterocycles. The Morgan fingerprint density at radius 2 is 2.00 bits per heavy atom. The molecule has 1 N–H and O–H groups in total. The highest BCUT2D eigenvalue weighted by Gasteiger charge is 2.25. The first-order chi connectivity index (χ1) is 13.3. The largest absolute Gasteiger partial charge is 0.497 e. The third-order valence-electron chi connectivity index (χ3n) is 5.13. The van der Waals surface area contributed by atoms with Gasteiger partial charge in [0, 0.05) is 30.3 Å². The van der Waals surface area contributed by atoms with Crippen molar-refractivity contribution in [2.45, 2.75) is 18.8 Å². The topological polar surface area (TPSA) is 77.8 Å². The van der Waals surface area contributed by atoms with Crippen molar-refractivity contribution in [2.75, 3.05) is 25.1 Å². The number of hydrogen-bond donors (Lipinski definition) is 1. The zero-order chi connectivity index (χ0) is 18.6. The van der Waals surface area contributed by atoms with Crippen molar-refractivity contribution in [1.82, 2.24) is 15.2 Å². The van der Waals surface area contributed by atoms with Gasteiger partial charge in [-0.1, -0.05) is 18.2 Å². The van der Waals surface area contributed by atoms with Crippen molar-refractivity contribution in [3.63, 3.8) is 0 Å². The van der Waals surface area contributed by atoms with Crippen molar-refractivity contribution >= 4 is 5.82 Å². The molecule has 1 aliphatic rings. The lowest BCUT2D eigenvalue weighted by Crippen LogP contribution is -2.33. The average molecular weight is 359 g/mol. The number of hydrogen-bond acceptors (Lipinski definition) is 5. The summed E-state index contributed by atoms with van der Waals surface area (Å²) in [6, 6.07) is 15.8. The molecule has 2 aromatic heterocycles. The molecule has 3 heterocycles. The quantitative estimate of drug-likeness (QED) is 0.768. The molecule has 1 fully saturated rings. The van der Waals surface area contributed by atoms with E-state index in [1.54, 1.807) is 13.2 Å². The van der Waals surface area contributed by atoms with Crippen LogP contribution in [0.1, 0.15) is 30.1 Å². The molecule has 6 heteroatoms. The molecule has 0 saturated carbocycles. The molecule has 1 aromatic carbocycles. The first-order valence-electron chi connectivity index (χ1n) is 9.08. The van der Waals surface area contributed by atoms with E-state index < -0.39 is 0 Å². The van der Waals surface area contributed by atoms with E-state index in [9.17, 15) is 0 Å². The SMILES string of the molecule is COc1cccc(-c2cn[nH]c2C2CCN(c3cccc(C#N)n3)CC2)c1. The fraction of sp³-hybridized carbons (Fsp3) is 0.286. The number of pyridine rings is 1. The summed E-state index contributed by atoms with van der Waals surface area (Å²) < 4.78 is 5.35. The standard InChI is InChI=1S/C21H21N5O/c1-27-18-6-2-4-16(12-18)19-14-23-25-21(19)15-8-10-26(11-9-15)20-7-3-5-17(13-22)24-20/h2-7,12,14-15H,8-11H2,1H3,(H,23,25). The van der Waals surface area contributed by atoms with Gasteiger partial charge in [0.15, 0.2) is 0 Å². The predicted molar refractivity (Wildman–Crippen MR) is 104 cm³/mol. The van der Waals surface area contributed by atoms with Gasteiger partial charge in [-0.3, -0.25) is 5.10 Å². The van der Waals surface area contributed by atoms with E-state index in [0.717, 1.165) is 48.6 Å². The second kappa shape index (κ2) is 7.50. The van der Waals surface area contributed by atoms with Gasteiger partial charge in [-0.2, -0.15) is 10.4 Å². The minimum absolute atomic E-state index is 0.420. The number of piperidine rings is 1. The van der Waals surface area contributed by atoms with Gasteiger partial charge in [0.25, 0.3) is 0 Å². The molecule has 1 saturated heterocycles. The number of H-pyrrole nitrogens is 1. The Bertz CT molecular complexity index is 966. The van der Waals surface area contributed by atoms with Crippen molar-refractivity contribution in [3.8, 4) is 22.9 Å². The number of nitrogens with zero attached hydrogens (tertiary/aromatic N) is 4. The van der Waals surface area contributed by atoms with Crippen LogP contribution in [-0.2, 0) is 0 Å². The number of ether oxygens (including phenoxy) is 1. The summed E-state index contributed by atoms with van der Waals surface area (Å²) in [4.78, 5) is 6.67. The first-order valence-corrected chi connectivity index (χ1v) is 9.08. The molecule has 27 heavy (non-hydrogen) atoms. The Morgan fingerprint density at radius 3 is 2.78 bits per heavy atom. The monoisotopic (exact) mass is 359 g/mol. The number of anilines is 1. The molecule has 0 radical (unpaired) electrons. The molecule has 0 atom stereocenters. The Morgan fingerprint density at radius 1 is 1.19 bits per heavy atom. The summed E-state index contributed by atoms with van der Waals surface area (Å²) in [6.07, 6.45) is 3.92. The van der Waals surface area contributed by atoms with Crippen molar-refractivity contribution in [3.05, 3.63) is 60.0 Å². The second-order valence-electron chi connectivity index (χ2n) is 6.68. The molecule has 136 valence electrons. The van der Waals surface area contributed by atoms with Crippen molar-refractivity contribution < 1.29 is 4.74 Å². The maximum atomic E-state index is 9.05. The smallest absolute Gasteiger partial charge is 0.142 e. The number of rotatable bonds is 4. The summed E-state index contributed by atoms with van der Waals surface area (Å²) in [5, 5.41) is 16.6. The highest BCUT2D eigenvalue weighted by molar-refractivity contribution is 5.67. The summed E-state index contributed by atoms with van der Waals surface area (Å²) >= 11 is 0. The lowest BCUT2D eigenvalue weighted by Gasteiger charge is -2.32. The van der Waals surface area contributed by atoms with E-state index in [4.69, 9.17) is 10.00 Å². The fourth-order valence-corrected chi connectivity index (χ4v) is 3.69. The molecular weight excluding hydrogens is 338 g/mol. The normalized spacial score (nSPS) is 14.7. The highest BCUT2D eigenvalue weighted by atomic mass is 16.5. The maximum absolute atomic E-state index is 9.05. The molecular formula is C21H21N5O. The van der Waals surface area contributed by atoms with E-state index in [1.807, 2.05) is 36.5 Å². The van der Waals surface area contributed by atoms with E-state index in [2.05, 4.69) is 32.2 Å². The number of nitrogens with one attached hydrogen (secondary N) is 1. The highest BCUT2D eigenvalue weighted by Crippen LogP contribution is 2.35. The molecule has 6 nitrogen and oxygen atoms in total. The average Bonchev–Trinajstić information content (AvgIpc) is 3.24. The van der Waals surface area contributed by atoms with Crippen LogP contribution < -0.4 is 9.64 Å². The molecule has 0 spiro atoms. The third-order valence-corrected chi connectivity index (χ3v) is 5.13. The minimum Gasteiger partial charge on any atom is -0.497 e. The molecule has 0 aliphatic carbocycles. The Hall–Kier alpha value is -3.33.